The zero-order valence-corrected chi connectivity index (χ0v) is 29.5. The minimum atomic E-state index is -0.297. The molecule has 1 aliphatic carbocycles. The highest BCUT2D eigenvalue weighted by atomic mass is 32.1. The van der Waals surface area contributed by atoms with E-state index in [1.807, 2.05) is 75.3 Å². The lowest BCUT2D eigenvalue weighted by Crippen LogP contribution is -2.40. The Kier molecular flexibility index (Phi) is 78.2. The standard InChI is InChI=1S/C10H16N2O2.C6H12.C4H10S.C3H8.4C2H6.CH3N/c1-3-5-9(13)11-10(14)12-7-4-6-8(12)2;1-2-4-6-5-3-1;1-3-4(2)5;1-3-2;5*1-2/h6H,3-5,7H2,1-2H3,(H,11,13,14);1-6H2;4-5H,3H2,1-2H3;3H2,1-2H3;4*1-2H3;2H,1H2. The molecule has 0 spiro atoms. The minimum absolute atomic E-state index is 0.197. The second kappa shape index (κ2) is 56.0. The van der Waals surface area contributed by atoms with Crippen molar-refractivity contribution >= 4 is 31.3 Å². The lowest BCUT2D eigenvalue weighted by atomic mass is 10.0. The molecule has 1 saturated carbocycles. The lowest BCUT2D eigenvalue weighted by molar-refractivity contribution is -0.120. The van der Waals surface area contributed by atoms with Crippen molar-refractivity contribution in [1.82, 2.24) is 10.2 Å². The number of hydrogen-bond acceptors (Lipinski definition) is 4. The van der Waals surface area contributed by atoms with Gasteiger partial charge in [0.15, 0.2) is 0 Å². The van der Waals surface area contributed by atoms with Crippen LogP contribution in [-0.4, -0.2) is 35.4 Å². The first kappa shape index (κ1) is 53.0. The van der Waals surface area contributed by atoms with Crippen molar-refractivity contribution in [2.24, 2.45) is 0 Å². The van der Waals surface area contributed by atoms with Gasteiger partial charge in [-0.3, -0.25) is 15.0 Å². The molecule has 0 aromatic rings. The van der Waals surface area contributed by atoms with Gasteiger partial charge in [-0.05, 0) is 38.2 Å². The quantitative estimate of drug-likeness (QED) is 0.236. The Morgan fingerprint density at radius 2 is 1.21 bits per heavy atom. The van der Waals surface area contributed by atoms with E-state index in [0.29, 0.717) is 18.2 Å². The van der Waals surface area contributed by atoms with Crippen LogP contribution < -0.4 is 5.32 Å². The maximum absolute atomic E-state index is 11.5. The summed E-state index contributed by atoms with van der Waals surface area (Å²) in [5, 5.41) is 8.44. The number of hydrogen-bond donors (Lipinski definition) is 3. The molecule has 2 rings (SSSR count). The van der Waals surface area contributed by atoms with Gasteiger partial charge >= 0.3 is 6.03 Å². The molecular weight excluding hydrogens is 490 g/mol. The molecule has 0 radical (unpaired) electrons. The number of nitrogens with zero attached hydrogens (tertiary/aromatic N) is 1. The molecule has 1 fully saturated rings. The van der Waals surface area contributed by atoms with Gasteiger partial charge in [-0.15, -0.1) is 0 Å². The number of thiol groups is 1. The van der Waals surface area contributed by atoms with Gasteiger partial charge in [0, 0.05) is 18.7 Å². The van der Waals surface area contributed by atoms with Gasteiger partial charge in [-0.1, -0.05) is 141 Å². The van der Waals surface area contributed by atoms with E-state index < -0.39 is 0 Å². The summed E-state index contributed by atoms with van der Waals surface area (Å²) in [6, 6.07) is -0.297. The first-order valence-corrected chi connectivity index (χ1v) is 16.2. The molecule has 3 amide bonds. The van der Waals surface area contributed by atoms with Crippen LogP contribution in [0.4, 0.5) is 4.79 Å². The van der Waals surface area contributed by atoms with Gasteiger partial charge in [0.2, 0.25) is 5.91 Å². The Bertz CT molecular complexity index is 427. The third-order valence-corrected chi connectivity index (χ3v) is 4.64. The van der Waals surface area contributed by atoms with Crippen LogP contribution >= 0.6 is 12.6 Å². The van der Waals surface area contributed by atoms with Gasteiger partial charge in [-0.2, -0.15) is 12.6 Å². The zero-order valence-electron chi connectivity index (χ0n) is 28.6. The number of rotatable bonds is 3. The Hall–Kier alpha value is -1.30. The van der Waals surface area contributed by atoms with Crippen molar-refractivity contribution < 1.29 is 9.59 Å². The highest BCUT2D eigenvalue weighted by molar-refractivity contribution is 7.80. The Morgan fingerprint density at radius 1 is 0.895 bits per heavy atom. The summed E-state index contributed by atoms with van der Waals surface area (Å²) in [6.45, 7) is 31.4. The predicted octanol–water partition coefficient (Wildman–Crippen LogP) is 11.5. The monoisotopic (exact) mass is 564 g/mol. The highest BCUT2D eigenvalue weighted by Gasteiger charge is 2.19. The number of allylic oxidation sites excluding steroid dienone is 1. The van der Waals surface area contributed by atoms with Gasteiger partial charge in [0.05, 0.1) is 0 Å². The van der Waals surface area contributed by atoms with E-state index in [2.05, 4.69) is 52.4 Å². The Morgan fingerprint density at radius 3 is 1.42 bits per heavy atom. The second-order valence-electron chi connectivity index (χ2n) is 7.47. The van der Waals surface area contributed by atoms with E-state index in [-0.39, 0.29) is 11.9 Å². The SMILES string of the molecule is C1CCCCC1.C=N.CC.CC.CC.CC.CCC.CCC(C)S.CCCC(=O)NC(=O)N1CCC=C1C. The highest BCUT2D eigenvalue weighted by Crippen LogP contribution is 2.15. The molecule has 1 atom stereocenters. The van der Waals surface area contributed by atoms with Crippen LogP contribution in [0.15, 0.2) is 11.8 Å². The molecule has 2 aliphatic rings. The summed E-state index contributed by atoms with van der Waals surface area (Å²) in [6.07, 6.45) is 15.4. The first-order valence-electron chi connectivity index (χ1n) is 15.6. The van der Waals surface area contributed by atoms with Crippen LogP contribution in [0.3, 0.4) is 0 Å². The Balaban J connectivity index is -0.0000000675. The third kappa shape index (κ3) is 51.4. The summed E-state index contributed by atoms with van der Waals surface area (Å²) >= 11 is 4.10. The van der Waals surface area contributed by atoms with Gasteiger partial charge in [0.1, 0.15) is 0 Å². The number of carbonyl (C=O) groups excluding carboxylic acids is 2. The van der Waals surface area contributed by atoms with Crippen molar-refractivity contribution in [1.29, 1.82) is 5.41 Å². The molecule has 0 saturated heterocycles. The topological polar surface area (TPSA) is 73.3 Å². The van der Waals surface area contributed by atoms with Gasteiger partial charge in [-0.25, -0.2) is 4.79 Å². The number of urea groups is 1. The molecule has 2 N–H and O–H groups in total. The molecule has 0 aromatic heterocycles. The number of nitrogens with one attached hydrogen (secondary N) is 2. The fourth-order valence-corrected chi connectivity index (χ4v) is 2.49. The van der Waals surface area contributed by atoms with E-state index >= 15 is 0 Å². The average molecular weight is 564 g/mol. The van der Waals surface area contributed by atoms with Crippen molar-refractivity contribution in [3.05, 3.63) is 11.8 Å². The van der Waals surface area contributed by atoms with Crippen molar-refractivity contribution in [3.8, 4) is 0 Å². The number of carbonyl (C=O) groups is 2. The fourth-order valence-electron chi connectivity index (χ4n) is 2.49. The molecule has 38 heavy (non-hydrogen) atoms. The molecular formula is C32H73N3O2S. The van der Waals surface area contributed by atoms with Gasteiger partial charge in [0.25, 0.3) is 0 Å². The molecule has 5 nitrogen and oxygen atoms in total. The smallest absolute Gasteiger partial charge is 0.317 e. The molecule has 1 heterocycles. The van der Waals surface area contributed by atoms with E-state index in [0.717, 1.165) is 18.5 Å². The third-order valence-electron chi connectivity index (χ3n) is 4.28. The molecule has 6 heteroatoms. The van der Waals surface area contributed by atoms with E-state index in [4.69, 9.17) is 5.41 Å². The van der Waals surface area contributed by atoms with Crippen LogP contribution in [-0.2, 0) is 4.79 Å². The van der Waals surface area contributed by atoms with Crippen LogP contribution in [0, 0.1) is 5.41 Å². The molecule has 1 unspecified atom stereocenters. The minimum Gasteiger partial charge on any atom is -0.317 e. The predicted molar refractivity (Wildman–Crippen MR) is 181 cm³/mol. The van der Waals surface area contributed by atoms with Crippen molar-refractivity contribution in [2.75, 3.05) is 6.54 Å². The fraction of sp³-hybridized carbons (Fsp3) is 0.844. The van der Waals surface area contributed by atoms with E-state index in [9.17, 15) is 9.59 Å². The summed E-state index contributed by atoms with van der Waals surface area (Å²) in [4.78, 5) is 24.2. The second-order valence-corrected chi connectivity index (χ2v) is 8.36. The van der Waals surface area contributed by atoms with E-state index in [1.54, 1.807) is 4.90 Å². The molecule has 0 bridgehead atoms. The van der Waals surface area contributed by atoms with Crippen molar-refractivity contribution in [2.45, 2.75) is 173 Å². The van der Waals surface area contributed by atoms with Crippen molar-refractivity contribution in [3.63, 3.8) is 0 Å². The first-order chi connectivity index (χ1) is 18.3. The number of amides is 3. The largest absolute Gasteiger partial charge is 0.328 e. The normalized spacial score (nSPS) is 12.6. The van der Waals surface area contributed by atoms with Crippen LogP contribution in [0.25, 0.3) is 0 Å². The number of imide groups is 1. The molecule has 234 valence electrons. The molecule has 0 aromatic carbocycles. The maximum Gasteiger partial charge on any atom is 0.328 e. The van der Waals surface area contributed by atoms with Crippen LogP contribution in [0.1, 0.15) is 168 Å². The maximum atomic E-state index is 11.5. The Labute approximate surface area is 247 Å². The average Bonchev–Trinajstić information content (AvgIpc) is 3.42. The van der Waals surface area contributed by atoms with Gasteiger partial charge < -0.3 is 5.41 Å². The summed E-state index contributed by atoms with van der Waals surface area (Å²) in [7, 11) is 0. The van der Waals surface area contributed by atoms with Crippen LogP contribution in [0.2, 0.25) is 0 Å². The summed E-state index contributed by atoms with van der Waals surface area (Å²) < 4.78 is 0. The lowest BCUT2D eigenvalue weighted by Gasteiger charge is -2.17. The summed E-state index contributed by atoms with van der Waals surface area (Å²) in [5.41, 5.74) is 0.923. The van der Waals surface area contributed by atoms with E-state index in [1.165, 1.54) is 51.4 Å². The zero-order chi connectivity index (χ0) is 31.8. The molecule has 1 aliphatic heterocycles. The summed E-state index contributed by atoms with van der Waals surface area (Å²) in [5.74, 6) is -0.197. The van der Waals surface area contributed by atoms with Crippen LogP contribution in [0.5, 0.6) is 0 Å².